The lowest BCUT2D eigenvalue weighted by atomic mass is 10.1. The Kier molecular flexibility index (Phi) is 8.03. The van der Waals surface area contributed by atoms with E-state index in [0.29, 0.717) is 10.8 Å². The zero-order valence-electron chi connectivity index (χ0n) is 16.6. The highest BCUT2D eigenvalue weighted by Gasteiger charge is 2.10. The van der Waals surface area contributed by atoms with Crippen molar-refractivity contribution >= 4 is 35.0 Å². The first-order valence-electron chi connectivity index (χ1n) is 9.08. The van der Waals surface area contributed by atoms with E-state index in [1.54, 1.807) is 18.2 Å². The van der Waals surface area contributed by atoms with E-state index in [9.17, 15) is 14.4 Å². The van der Waals surface area contributed by atoms with E-state index in [1.807, 2.05) is 39.0 Å². The predicted molar refractivity (Wildman–Crippen MR) is 112 cm³/mol. The number of amides is 3. The summed E-state index contributed by atoms with van der Waals surface area (Å²) in [7, 11) is 0. The highest BCUT2D eigenvalue weighted by atomic mass is 35.5. The van der Waals surface area contributed by atoms with Gasteiger partial charge in [-0.25, -0.2) is 0 Å². The second kappa shape index (κ2) is 10.5. The number of halogens is 1. The van der Waals surface area contributed by atoms with Crippen LogP contribution < -0.4 is 20.9 Å². The Morgan fingerprint density at radius 1 is 0.862 bits per heavy atom. The number of rotatable bonds is 7. The molecule has 0 saturated heterocycles. The molecular formula is C21H24ClN3O4. The van der Waals surface area contributed by atoms with Crippen LogP contribution in [0.1, 0.15) is 29.5 Å². The summed E-state index contributed by atoms with van der Waals surface area (Å²) in [5.41, 5.74) is 8.00. The van der Waals surface area contributed by atoms with Crippen molar-refractivity contribution < 1.29 is 19.1 Å². The molecule has 7 nitrogen and oxygen atoms in total. The van der Waals surface area contributed by atoms with Crippen LogP contribution >= 0.6 is 11.6 Å². The summed E-state index contributed by atoms with van der Waals surface area (Å²) in [5, 5.41) is 3.36. The molecule has 0 fully saturated rings. The topological polar surface area (TPSA) is 96.5 Å². The monoisotopic (exact) mass is 417 g/mol. The van der Waals surface area contributed by atoms with E-state index in [2.05, 4.69) is 16.2 Å². The Balaban J connectivity index is 1.69. The lowest BCUT2D eigenvalue weighted by Gasteiger charge is -2.11. The molecule has 0 bridgehead atoms. The summed E-state index contributed by atoms with van der Waals surface area (Å²) in [6.07, 6.45) is -0.0658. The van der Waals surface area contributed by atoms with Crippen LogP contribution in [0.2, 0.25) is 5.02 Å². The maximum Gasteiger partial charge on any atom is 0.276 e. The number of hydrazine groups is 1. The molecule has 0 radical (unpaired) electrons. The van der Waals surface area contributed by atoms with Crippen molar-refractivity contribution in [2.24, 2.45) is 0 Å². The smallest absolute Gasteiger partial charge is 0.276 e. The molecule has 0 aliphatic heterocycles. The lowest BCUT2D eigenvalue weighted by molar-refractivity contribution is -0.130. The normalized spacial score (nSPS) is 10.2. The minimum absolute atomic E-state index is 0.00441. The predicted octanol–water partition coefficient (Wildman–Crippen LogP) is 3.21. The summed E-state index contributed by atoms with van der Waals surface area (Å²) in [5.74, 6) is -0.745. The van der Waals surface area contributed by atoms with E-state index in [1.165, 1.54) is 0 Å². The second-order valence-electron chi connectivity index (χ2n) is 6.66. The third-order valence-corrected chi connectivity index (χ3v) is 4.32. The molecule has 0 spiro atoms. The van der Waals surface area contributed by atoms with E-state index < -0.39 is 11.8 Å². The first kappa shape index (κ1) is 22.2. The van der Waals surface area contributed by atoms with Gasteiger partial charge in [-0.3, -0.25) is 25.2 Å². The number of hydrogen-bond donors (Lipinski definition) is 3. The first-order valence-corrected chi connectivity index (χ1v) is 9.46. The molecule has 0 saturated carbocycles. The van der Waals surface area contributed by atoms with Crippen LogP contribution in [0.5, 0.6) is 5.75 Å². The van der Waals surface area contributed by atoms with E-state index in [0.717, 1.165) is 22.4 Å². The molecule has 29 heavy (non-hydrogen) atoms. The Hall–Kier alpha value is -3.06. The number of nitrogens with one attached hydrogen (secondary N) is 3. The van der Waals surface area contributed by atoms with Crippen molar-refractivity contribution in [1.29, 1.82) is 0 Å². The van der Waals surface area contributed by atoms with Gasteiger partial charge in [0.25, 0.3) is 5.91 Å². The fraction of sp³-hybridized carbons (Fsp3) is 0.286. The summed E-state index contributed by atoms with van der Waals surface area (Å²) in [4.78, 5) is 35.6. The zero-order chi connectivity index (χ0) is 21.4. The third kappa shape index (κ3) is 7.46. The molecule has 2 aromatic rings. The third-order valence-electron chi connectivity index (χ3n) is 4.08. The molecule has 154 valence electrons. The van der Waals surface area contributed by atoms with Crippen molar-refractivity contribution in [3.05, 3.63) is 58.1 Å². The molecule has 2 rings (SSSR count). The highest BCUT2D eigenvalue weighted by Crippen LogP contribution is 2.21. The van der Waals surface area contributed by atoms with E-state index in [-0.39, 0.29) is 25.4 Å². The van der Waals surface area contributed by atoms with Crippen LogP contribution in [0.4, 0.5) is 5.69 Å². The SMILES string of the molecule is Cc1ccc(C)c(NC(=O)CCC(=O)NNC(=O)COc2ccc(Cl)cc2C)c1. The summed E-state index contributed by atoms with van der Waals surface area (Å²) in [6, 6.07) is 10.8. The van der Waals surface area contributed by atoms with Crippen LogP contribution in [0, 0.1) is 20.8 Å². The molecule has 3 N–H and O–H groups in total. The van der Waals surface area contributed by atoms with Crippen molar-refractivity contribution in [1.82, 2.24) is 10.9 Å². The van der Waals surface area contributed by atoms with Gasteiger partial charge in [0.1, 0.15) is 5.75 Å². The van der Waals surface area contributed by atoms with Crippen LogP contribution in [0.15, 0.2) is 36.4 Å². The van der Waals surface area contributed by atoms with Crippen LogP contribution in [-0.2, 0) is 14.4 Å². The summed E-state index contributed by atoms with van der Waals surface area (Å²) in [6.45, 7) is 5.37. The Labute approximate surface area is 174 Å². The maximum atomic E-state index is 12.0. The average molecular weight is 418 g/mol. The number of ether oxygens (including phenoxy) is 1. The van der Waals surface area contributed by atoms with Crippen LogP contribution in [-0.4, -0.2) is 24.3 Å². The molecule has 0 aromatic heterocycles. The van der Waals surface area contributed by atoms with Crippen LogP contribution in [0.3, 0.4) is 0 Å². The maximum absolute atomic E-state index is 12.0. The number of anilines is 1. The van der Waals surface area contributed by atoms with E-state index >= 15 is 0 Å². The lowest BCUT2D eigenvalue weighted by Crippen LogP contribution is -2.44. The van der Waals surface area contributed by atoms with Gasteiger partial charge in [0.2, 0.25) is 11.8 Å². The largest absolute Gasteiger partial charge is 0.483 e. The summed E-state index contributed by atoms with van der Waals surface area (Å²) < 4.78 is 5.39. The average Bonchev–Trinajstić information content (AvgIpc) is 2.67. The van der Waals surface area contributed by atoms with Crippen molar-refractivity contribution in [3.8, 4) is 5.75 Å². The Bertz CT molecular complexity index is 915. The number of benzene rings is 2. The van der Waals surface area contributed by atoms with Gasteiger partial charge in [-0.2, -0.15) is 0 Å². The molecule has 0 atom stereocenters. The number of carbonyl (C=O) groups excluding carboxylic acids is 3. The standard InChI is InChI=1S/C21H24ClN3O4/c1-13-4-5-14(2)17(10-13)23-19(26)8-9-20(27)24-25-21(28)12-29-18-7-6-16(22)11-15(18)3/h4-7,10-11H,8-9,12H2,1-3H3,(H,23,26)(H,24,27)(H,25,28). The minimum Gasteiger partial charge on any atom is -0.483 e. The fourth-order valence-electron chi connectivity index (χ4n) is 2.47. The Morgan fingerprint density at radius 2 is 1.55 bits per heavy atom. The van der Waals surface area contributed by atoms with Gasteiger partial charge in [-0.1, -0.05) is 23.7 Å². The van der Waals surface area contributed by atoms with Gasteiger partial charge >= 0.3 is 0 Å². The quantitative estimate of drug-likeness (QED) is 0.602. The van der Waals surface area contributed by atoms with Gasteiger partial charge < -0.3 is 10.1 Å². The van der Waals surface area contributed by atoms with Crippen LogP contribution in [0.25, 0.3) is 0 Å². The fourth-order valence-corrected chi connectivity index (χ4v) is 2.69. The van der Waals surface area contributed by atoms with Crippen molar-refractivity contribution in [3.63, 3.8) is 0 Å². The molecule has 3 amide bonds. The minimum atomic E-state index is -0.521. The van der Waals surface area contributed by atoms with Gasteiger partial charge in [0.15, 0.2) is 6.61 Å². The second-order valence-corrected chi connectivity index (χ2v) is 7.10. The Morgan fingerprint density at radius 3 is 2.28 bits per heavy atom. The van der Waals surface area contributed by atoms with Gasteiger partial charge in [-0.05, 0) is 61.7 Å². The molecule has 0 unspecified atom stereocenters. The highest BCUT2D eigenvalue weighted by molar-refractivity contribution is 6.30. The molecule has 0 heterocycles. The zero-order valence-corrected chi connectivity index (χ0v) is 17.4. The molecule has 0 aliphatic carbocycles. The van der Waals surface area contributed by atoms with Gasteiger partial charge in [0, 0.05) is 23.6 Å². The van der Waals surface area contributed by atoms with E-state index in [4.69, 9.17) is 16.3 Å². The van der Waals surface area contributed by atoms with Crippen molar-refractivity contribution in [2.45, 2.75) is 33.6 Å². The van der Waals surface area contributed by atoms with Gasteiger partial charge in [0.05, 0.1) is 0 Å². The molecular weight excluding hydrogens is 394 g/mol. The summed E-state index contributed by atoms with van der Waals surface area (Å²) >= 11 is 5.87. The number of hydrogen-bond acceptors (Lipinski definition) is 4. The first-order chi connectivity index (χ1) is 13.7. The number of carbonyl (C=O) groups is 3. The van der Waals surface area contributed by atoms with Crippen molar-refractivity contribution in [2.75, 3.05) is 11.9 Å². The molecule has 8 heteroatoms. The molecule has 0 aliphatic rings. The van der Waals surface area contributed by atoms with Gasteiger partial charge in [-0.15, -0.1) is 0 Å². The molecule has 2 aromatic carbocycles. The number of aryl methyl sites for hydroxylation is 3.